The fourth-order valence-electron chi connectivity index (χ4n) is 2.79. The zero-order valence-corrected chi connectivity index (χ0v) is 10.5. The Morgan fingerprint density at radius 3 is 2.50 bits per heavy atom. The first-order chi connectivity index (χ1) is 7.77. The van der Waals surface area contributed by atoms with Crippen LogP contribution in [0.5, 0.6) is 0 Å². The van der Waals surface area contributed by atoms with Crippen molar-refractivity contribution in [2.24, 2.45) is 11.8 Å². The van der Waals surface area contributed by atoms with Gasteiger partial charge in [0.1, 0.15) is 0 Å². The molecule has 0 aromatic rings. The second kappa shape index (κ2) is 5.92. The van der Waals surface area contributed by atoms with E-state index in [1.807, 2.05) is 11.8 Å². The largest absolute Gasteiger partial charge is 0.481 e. The molecule has 1 atom stereocenters. The number of nitrogens with zero attached hydrogens (tertiary/aromatic N) is 1. The van der Waals surface area contributed by atoms with Crippen LogP contribution in [0.4, 0.5) is 0 Å². The van der Waals surface area contributed by atoms with Gasteiger partial charge < -0.3 is 10.0 Å². The number of carboxylic acid groups (broad SMARTS) is 1. The number of rotatable bonds is 4. The number of aliphatic carboxylic acids is 1. The van der Waals surface area contributed by atoms with Crippen LogP contribution in [-0.2, 0) is 4.79 Å². The Hall–Kier alpha value is -0.220. The number of likely N-dealkylation sites (tertiary alicyclic amines) is 1. The fourth-order valence-corrected chi connectivity index (χ4v) is 3.93. The Labute approximate surface area is 102 Å². The summed E-state index contributed by atoms with van der Waals surface area (Å²) in [6, 6.07) is 0. The molecule has 2 saturated heterocycles. The van der Waals surface area contributed by atoms with Crippen molar-refractivity contribution in [2.75, 3.05) is 31.1 Å². The Balaban J connectivity index is 1.90. The van der Waals surface area contributed by atoms with Gasteiger partial charge in [-0.2, -0.15) is 11.8 Å². The SMILES string of the molecule is O=C(O)C(CN1CCCC1)C1CCSCC1. The molecule has 16 heavy (non-hydrogen) atoms. The highest BCUT2D eigenvalue weighted by Crippen LogP contribution is 2.30. The lowest BCUT2D eigenvalue weighted by Gasteiger charge is -2.30. The van der Waals surface area contributed by atoms with Gasteiger partial charge in [-0.3, -0.25) is 4.79 Å². The maximum Gasteiger partial charge on any atom is 0.308 e. The Morgan fingerprint density at radius 2 is 1.94 bits per heavy atom. The number of thioether (sulfide) groups is 1. The highest BCUT2D eigenvalue weighted by atomic mass is 32.2. The molecule has 0 radical (unpaired) electrons. The second-order valence-corrected chi connectivity index (χ2v) is 6.13. The third-order valence-electron chi connectivity index (χ3n) is 3.81. The normalized spacial score (nSPS) is 25.8. The van der Waals surface area contributed by atoms with Crippen molar-refractivity contribution in [1.29, 1.82) is 0 Å². The molecule has 0 aromatic carbocycles. The third-order valence-corrected chi connectivity index (χ3v) is 4.85. The molecule has 0 amide bonds. The first-order valence-electron chi connectivity index (χ1n) is 6.30. The maximum absolute atomic E-state index is 11.4. The van der Waals surface area contributed by atoms with Crippen LogP contribution in [0.2, 0.25) is 0 Å². The van der Waals surface area contributed by atoms with Crippen LogP contribution >= 0.6 is 11.8 Å². The number of carbonyl (C=O) groups is 1. The number of hydrogen-bond acceptors (Lipinski definition) is 3. The Morgan fingerprint density at radius 1 is 1.31 bits per heavy atom. The molecule has 0 spiro atoms. The first kappa shape index (κ1) is 12.2. The van der Waals surface area contributed by atoms with Crippen molar-refractivity contribution in [1.82, 2.24) is 4.90 Å². The van der Waals surface area contributed by atoms with E-state index in [4.69, 9.17) is 0 Å². The van der Waals surface area contributed by atoms with Crippen LogP contribution in [-0.4, -0.2) is 47.1 Å². The minimum Gasteiger partial charge on any atom is -0.481 e. The van der Waals surface area contributed by atoms with Crippen LogP contribution < -0.4 is 0 Å². The summed E-state index contributed by atoms with van der Waals surface area (Å²) in [6.07, 6.45) is 4.67. The van der Waals surface area contributed by atoms with Gasteiger partial charge in [0.25, 0.3) is 0 Å². The predicted molar refractivity (Wildman–Crippen MR) is 66.8 cm³/mol. The second-order valence-electron chi connectivity index (χ2n) is 4.90. The summed E-state index contributed by atoms with van der Waals surface area (Å²) in [4.78, 5) is 13.7. The average Bonchev–Trinajstić information content (AvgIpc) is 2.79. The standard InChI is InChI=1S/C12H21NO2S/c14-12(15)11(9-13-5-1-2-6-13)10-3-7-16-8-4-10/h10-11H,1-9H2,(H,14,15). The van der Waals surface area contributed by atoms with Crippen LogP contribution in [0.3, 0.4) is 0 Å². The molecule has 0 aromatic heterocycles. The molecule has 2 rings (SSSR count). The van der Waals surface area contributed by atoms with E-state index in [-0.39, 0.29) is 5.92 Å². The van der Waals surface area contributed by atoms with Crippen molar-refractivity contribution in [3.05, 3.63) is 0 Å². The molecule has 2 aliphatic rings. The van der Waals surface area contributed by atoms with Crippen LogP contribution in [0.1, 0.15) is 25.7 Å². The zero-order valence-electron chi connectivity index (χ0n) is 9.73. The van der Waals surface area contributed by atoms with E-state index >= 15 is 0 Å². The topological polar surface area (TPSA) is 40.5 Å². The molecule has 1 N–H and O–H groups in total. The molecule has 3 nitrogen and oxygen atoms in total. The molecular formula is C12H21NO2S. The number of carboxylic acids is 1. The van der Waals surface area contributed by atoms with Crippen molar-refractivity contribution in [2.45, 2.75) is 25.7 Å². The summed E-state index contributed by atoms with van der Waals surface area (Å²) >= 11 is 1.96. The highest BCUT2D eigenvalue weighted by molar-refractivity contribution is 7.99. The molecule has 0 bridgehead atoms. The molecule has 92 valence electrons. The molecule has 0 saturated carbocycles. The van der Waals surface area contributed by atoms with Crippen molar-refractivity contribution in [3.63, 3.8) is 0 Å². The minimum atomic E-state index is -0.580. The molecule has 0 aliphatic carbocycles. The van der Waals surface area contributed by atoms with Gasteiger partial charge in [-0.05, 0) is 56.2 Å². The maximum atomic E-state index is 11.4. The van der Waals surface area contributed by atoms with E-state index in [9.17, 15) is 9.90 Å². The lowest BCUT2D eigenvalue weighted by atomic mass is 9.87. The van der Waals surface area contributed by atoms with Gasteiger partial charge in [0.15, 0.2) is 0 Å². The summed E-state index contributed by atoms with van der Waals surface area (Å²) in [6.45, 7) is 2.99. The molecule has 4 heteroatoms. The Kier molecular flexibility index (Phi) is 4.53. The van der Waals surface area contributed by atoms with E-state index in [2.05, 4.69) is 4.90 Å². The van der Waals surface area contributed by atoms with E-state index in [0.29, 0.717) is 5.92 Å². The zero-order chi connectivity index (χ0) is 11.4. The molecule has 2 fully saturated rings. The van der Waals surface area contributed by atoms with Crippen molar-refractivity contribution in [3.8, 4) is 0 Å². The van der Waals surface area contributed by atoms with Gasteiger partial charge >= 0.3 is 5.97 Å². The molecule has 1 unspecified atom stereocenters. The lowest BCUT2D eigenvalue weighted by molar-refractivity contribution is -0.144. The summed E-state index contributed by atoms with van der Waals surface area (Å²) < 4.78 is 0. The van der Waals surface area contributed by atoms with E-state index in [1.165, 1.54) is 12.8 Å². The van der Waals surface area contributed by atoms with Crippen molar-refractivity contribution >= 4 is 17.7 Å². The smallest absolute Gasteiger partial charge is 0.308 e. The van der Waals surface area contributed by atoms with Crippen LogP contribution in [0.25, 0.3) is 0 Å². The van der Waals surface area contributed by atoms with E-state index < -0.39 is 5.97 Å². The van der Waals surface area contributed by atoms with Gasteiger partial charge in [-0.25, -0.2) is 0 Å². The number of hydrogen-bond donors (Lipinski definition) is 1. The fraction of sp³-hybridized carbons (Fsp3) is 0.917. The quantitative estimate of drug-likeness (QED) is 0.819. The third kappa shape index (κ3) is 3.14. The summed E-state index contributed by atoms with van der Waals surface area (Å²) in [5.41, 5.74) is 0. The van der Waals surface area contributed by atoms with Crippen molar-refractivity contribution < 1.29 is 9.90 Å². The molecule has 2 aliphatic heterocycles. The van der Waals surface area contributed by atoms with Gasteiger partial charge in [0.2, 0.25) is 0 Å². The summed E-state index contributed by atoms with van der Waals surface area (Å²) in [7, 11) is 0. The average molecular weight is 243 g/mol. The summed E-state index contributed by atoms with van der Waals surface area (Å²) in [5, 5.41) is 9.35. The van der Waals surface area contributed by atoms with Crippen LogP contribution in [0, 0.1) is 11.8 Å². The van der Waals surface area contributed by atoms with E-state index in [0.717, 1.165) is 44.0 Å². The van der Waals surface area contributed by atoms with E-state index in [1.54, 1.807) is 0 Å². The Bertz CT molecular complexity index is 235. The minimum absolute atomic E-state index is 0.126. The van der Waals surface area contributed by atoms with Gasteiger partial charge in [-0.15, -0.1) is 0 Å². The lowest BCUT2D eigenvalue weighted by Crippen LogP contribution is -2.37. The molecule has 2 heterocycles. The highest BCUT2D eigenvalue weighted by Gasteiger charge is 2.31. The van der Waals surface area contributed by atoms with Gasteiger partial charge in [-0.1, -0.05) is 0 Å². The predicted octanol–water partition coefficient (Wildman–Crippen LogP) is 1.93. The summed E-state index contributed by atoms with van der Waals surface area (Å²) in [5.74, 6) is 2.00. The van der Waals surface area contributed by atoms with Crippen LogP contribution in [0.15, 0.2) is 0 Å². The first-order valence-corrected chi connectivity index (χ1v) is 7.46. The monoisotopic (exact) mass is 243 g/mol. The van der Waals surface area contributed by atoms with Gasteiger partial charge in [0, 0.05) is 6.54 Å². The van der Waals surface area contributed by atoms with Gasteiger partial charge in [0.05, 0.1) is 5.92 Å². The molecular weight excluding hydrogens is 222 g/mol.